The van der Waals surface area contributed by atoms with Crippen molar-refractivity contribution in [3.8, 4) is 0 Å². The summed E-state index contributed by atoms with van der Waals surface area (Å²) < 4.78 is 10.1. The second-order valence-corrected chi connectivity index (χ2v) is 7.65. The molecule has 1 aliphatic rings. The molecular weight excluding hydrogens is 536 g/mol. The van der Waals surface area contributed by atoms with Gasteiger partial charge in [0.05, 0.1) is 6.54 Å². The van der Waals surface area contributed by atoms with Gasteiger partial charge >= 0.3 is 31.9 Å². The van der Waals surface area contributed by atoms with E-state index >= 15 is 0 Å². The summed E-state index contributed by atoms with van der Waals surface area (Å²) in [7, 11) is 0. The minimum Gasteiger partial charge on any atom is -0.870 e. The number of ether oxygens (including phenoxy) is 2. The molecule has 2 atom stereocenters. The molecule has 0 bridgehead atoms. The van der Waals surface area contributed by atoms with Crippen molar-refractivity contribution < 1.29 is 54.6 Å². The molecule has 1 saturated heterocycles. The van der Waals surface area contributed by atoms with Gasteiger partial charge in [-0.1, -0.05) is 41.5 Å². The number of hydrogen-bond donors (Lipinski definition) is 0. The summed E-state index contributed by atoms with van der Waals surface area (Å²) in [6, 6.07) is -1.11. The fourth-order valence-electron chi connectivity index (χ4n) is 2.12. The Bertz CT molecular complexity index is 503. The third-order valence-electron chi connectivity index (χ3n) is 2.88. The van der Waals surface area contributed by atoms with Crippen LogP contribution in [0.2, 0.25) is 0 Å². The first-order valence-corrected chi connectivity index (χ1v) is 7.89. The predicted molar refractivity (Wildman–Crippen MR) is 92.5 cm³/mol. The third kappa shape index (κ3) is 10.7. The van der Waals surface area contributed by atoms with Crippen LogP contribution in [0.5, 0.6) is 0 Å². The molecular formula is C16H29N3O7Os. The molecule has 0 spiro atoms. The standard InChI is InChI=1S/C16H27N3O5.2H2O.Os/c1-10(20)24-12(18-16(5,6)7)11(17-15(2,3)4)13(21)19-8-9-23-14(19)22;;;/h11-12H,8-9H2,1-7H3;2*1H2;/q-2;;;+4/p-2/t11-,12+;;;/m1.../s1. The van der Waals surface area contributed by atoms with E-state index in [0.717, 1.165) is 4.90 Å². The van der Waals surface area contributed by atoms with Gasteiger partial charge in [0, 0.05) is 13.2 Å². The van der Waals surface area contributed by atoms with Crippen molar-refractivity contribution in [1.29, 1.82) is 0 Å². The first kappa shape index (κ1) is 30.6. The van der Waals surface area contributed by atoms with E-state index in [1.165, 1.54) is 6.92 Å². The molecule has 0 aromatic rings. The summed E-state index contributed by atoms with van der Waals surface area (Å²) in [4.78, 5) is 37.0. The Hall–Kier alpha value is -1.11. The maximum atomic E-state index is 12.8. The molecule has 0 aromatic carbocycles. The van der Waals surface area contributed by atoms with Crippen LogP contribution in [-0.4, -0.2) is 70.3 Å². The molecule has 158 valence electrons. The Kier molecular flexibility index (Phi) is 13.2. The van der Waals surface area contributed by atoms with E-state index in [0.29, 0.717) is 0 Å². The molecule has 0 saturated carbocycles. The fraction of sp³-hybridized carbons (Fsp3) is 0.812. The van der Waals surface area contributed by atoms with E-state index in [4.69, 9.17) is 9.47 Å². The van der Waals surface area contributed by atoms with Gasteiger partial charge in [-0.15, -0.1) is 11.1 Å². The van der Waals surface area contributed by atoms with Gasteiger partial charge in [-0.2, -0.15) is 0 Å². The van der Waals surface area contributed by atoms with Gasteiger partial charge < -0.3 is 31.1 Å². The zero-order valence-electron chi connectivity index (χ0n) is 16.7. The third-order valence-corrected chi connectivity index (χ3v) is 2.88. The van der Waals surface area contributed by atoms with Gasteiger partial charge in [-0.25, -0.2) is 9.69 Å². The van der Waals surface area contributed by atoms with Gasteiger partial charge in [0.25, 0.3) is 0 Å². The SMILES string of the molecule is CC(=O)O[C@H]([N-]C(C)(C)C)[C@@H]([N-]C(C)(C)C)C(=O)N1CCOC1=O.[OH-].[OH-].[Os+4]. The van der Waals surface area contributed by atoms with Crippen molar-refractivity contribution in [3.05, 3.63) is 10.6 Å². The zero-order valence-corrected chi connectivity index (χ0v) is 19.2. The molecule has 27 heavy (non-hydrogen) atoms. The summed E-state index contributed by atoms with van der Waals surface area (Å²) in [6.07, 6.45) is -1.82. The molecule has 1 heterocycles. The van der Waals surface area contributed by atoms with Crippen LogP contribution in [-0.2, 0) is 38.9 Å². The Morgan fingerprint density at radius 2 is 1.56 bits per heavy atom. The Morgan fingerprint density at radius 3 is 1.89 bits per heavy atom. The van der Waals surface area contributed by atoms with Crippen molar-refractivity contribution in [2.24, 2.45) is 0 Å². The van der Waals surface area contributed by atoms with Gasteiger partial charge in [-0.3, -0.25) is 9.59 Å². The molecule has 11 heteroatoms. The number of carbonyl (C=O) groups is 3. The molecule has 10 nitrogen and oxygen atoms in total. The number of rotatable bonds is 5. The number of esters is 1. The van der Waals surface area contributed by atoms with Crippen LogP contribution in [0.15, 0.2) is 0 Å². The van der Waals surface area contributed by atoms with E-state index in [1.807, 2.05) is 41.5 Å². The number of hydrogen-bond acceptors (Lipinski definition) is 7. The summed E-state index contributed by atoms with van der Waals surface area (Å²) >= 11 is 0. The van der Waals surface area contributed by atoms with Gasteiger partial charge in [0.1, 0.15) is 6.61 Å². The van der Waals surface area contributed by atoms with E-state index < -0.39 is 41.3 Å². The molecule has 0 aliphatic carbocycles. The smallest absolute Gasteiger partial charge is 0.870 e. The quantitative estimate of drug-likeness (QED) is 0.462. The molecule has 2 N–H and O–H groups in total. The second-order valence-electron chi connectivity index (χ2n) is 7.65. The minimum absolute atomic E-state index is 0. The molecule has 2 amide bonds. The zero-order chi connectivity index (χ0) is 18.7. The van der Waals surface area contributed by atoms with Crippen molar-refractivity contribution in [2.45, 2.75) is 71.8 Å². The van der Waals surface area contributed by atoms with E-state index in [-0.39, 0.29) is 43.9 Å². The number of amides is 2. The van der Waals surface area contributed by atoms with Gasteiger partial charge in [0.2, 0.25) is 5.91 Å². The van der Waals surface area contributed by atoms with Crippen molar-refractivity contribution in [1.82, 2.24) is 4.90 Å². The summed E-state index contributed by atoms with van der Waals surface area (Å²) in [5.74, 6) is -1.15. The molecule has 0 radical (unpaired) electrons. The Morgan fingerprint density at radius 1 is 1.07 bits per heavy atom. The van der Waals surface area contributed by atoms with Crippen LogP contribution in [0.3, 0.4) is 0 Å². The van der Waals surface area contributed by atoms with Crippen LogP contribution >= 0.6 is 0 Å². The van der Waals surface area contributed by atoms with Gasteiger partial charge in [-0.05, 0) is 6.04 Å². The topological polar surface area (TPSA) is 161 Å². The van der Waals surface area contributed by atoms with Gasteiger partial charge in [0.15, 0.2) is 0 Å². The maximum Gasteiger partial charge on any atom is 4.00 e. The average Bonchev–Trinajstić information content (AvgIpc) is 2.77. The number of cyclic esters (lactones) is 1. The van der Waals surface area contributed by atoms with Crippen molar-refractivity contribution in [2.75, 3.05) is 13.2 Å². The monoisotopic (exact) mass is 567 g/mol. The van der Waals surface area contributed by atoms with Crippen LogP contribution in [0, 0.1) is 0 Å². The summed E-state index contributed by atoms with van der Waals surface area (Å²) in [6.45, 7) is 12.5. The fourth-order valence-corrected chi connectivity index (χ4v) is 2.12. The Balaban J connectivity index is -0.00000192. The molecule has 1 aliphatic heterocycles. The van der Waals surface area contributed by atoms with E-state index in [9.17, 15) is 14.4 Å². The number of carbonyl (C=O) groups excluding carboxylic acids is 3. The normalized spacial score (nSPS) is 16.1. The van der Waals surface area contributed by atoms with Crippen LogP contribution in [0.4, 0.5) is 4.79 Å². The molecule has 0 unspecified atom stereocenters. The summed E-state index contributed by atoms with van der Waals surface area (Å²) in [5, 5.41) is 8.87. The van der Waals surface area contributed by atoms with Crippen molar-refractivity contribution >= 4 is 18.0 Å². The molecule has 0 aromatic heterocycles. The molecule has 1 rings (SSSR count). The van der Waals surface area contributed by atoms with Crippen LogP contribution in [0.1, 0.15) is 48.5 Å². The largest absolute Gasteiger partial charge is 4.00 e. The second kappa shape index (κ2) is 11.7. The average molecular weight is 566 g/mol. The van der Waals surface area contributed by atoms with E-state index in [2.05, 4.69) is 10.6 Å². The molecule has 1 fully saturated rings. The maximum absolute atomic E-state index is 12.8. The number of nitrogens with zero attached hydrogens (tertiary/aromatic N) is 3. The van der Waals surface area contributed by atoms with Crippen LogP contribution < -0.4 is 0 Å². The first-order valence-electron chi connectivity index (χ1n) is 7.89. The summed E-state index contributed by atoms with van der Waals surface area (Å²) in [5.41, 5.74) is -1.15. The predicted octanol–water partition coefficient (Wildman–Crippen LogP) is 2.21. The van der Waals surface area contributed by atoms with E-state index in [1.54, 1.807) is 0 Å². The van der Waals surface area contributed by atoms with Crippen LogP contribution in [0.25, 0.3) is 10.6 Å². The number of imide groups is 1. The minimum atomic E-state index is -1.11. The Labute approximate surface area is 173 Å². The first-order chi connectivity index (χ1) is 10.8. The van der Waals surface area contributed by atoms with Crippen molar-refractivity contribution in [3.63, 3.8) is 0 Å².